The summed E-state index contributed by atoms with van der Waals surface area (Å²) in [4.78, 5) is 4.41. The van der Waals surface area contributed by atoms with Crippen LogP contribution in [0.5, 0.6) is 11.5 Å². The van der Waals surface area contributed by atoms with Gasteiger partial charge in [0.05, 0.1) is 7.11 Å². The molecule has 1 aliphatic heterocycles. The van der Waals surface area contributed by atoms with Crippen molar-refractivity contribution in [2.45, 2.75) is 18.9 Å². The predicted molar refractivity (Wildman–Crippen MR) is 100 cm³/mol. The van der Waals surface area contributed by atoms with Gasteiger partial charge in [0.25, 0.3) is 0 Å². The number of benzene rings is 2. The van der Waals surface area contributed by atoms with Crippen molar-refractivity contribution in [3.8, 4) is 22.6 Å². The summed E-state index contributed by atoms with van der Waals surface area (Å²) in [6.45, 7) is 1.82. The van der Waals surface area contributed by atoms with E-state index in [0.29, 0.717) is 11.5 Å². The largest absolute Gasteiger partial charge is 0.494 e. The van der Waals surface area contributed by atoms with Crippen LogP contribution in [0.15, 0.2) is 48.7 Å². The Kier molecular flexibility index (Phi) is 4.71. The van der Waals surface area contributed by atoms with Crippen LogP contribution < -0.4 is 14.8 Å². The fraction of sp³-hybridized carbons (Fsp3) is 0.286. The number of methoxy groups -OCH3 is 1. The Bertz CT molecular complexity index is 923. The number of nitrogens with one attached hydrogen (secondary N) is 1. The summed E-state index contributed by atoms with van der Waals surface area (Å²) in [5.74, 6) is 0.595. The molecule has 0 spiro atoms. The first kappa shape index (κ1) is 16.8. The zero-order valence-corrected chi connectivity index (χ0v) is 14.7. The molecule has 0 saturated carbocycles. The second-order valence-electron chi connectivity index (χ2n) is 6.43. The van der Waals surface area contributed by atoms with Gasteiger partial charge in [-0.25, -0.2) is 4.39 Å². The van der Waals surface area contributed by atoms with Crippen LogP contribution in [-0.2, 0) is 0 Å². The minimum Gasteiger partial charge on any atom is -0.494 e. The van der Waals surface area contributed by atoms with Crippen LogP contribution in [0, 0.1) is 5.82 Å². The van der Waals surface area contributed by atoms with Crippen LogP contribution in [0.3, 0.4) is 0 Å². The average Bonchev–Trinajstić information content (AvgIpc) is 2.69. The molecule has 0 unspecified atom stereocenters. The van der Waals surface area contributed by atoms with E-state index in [9.17, 15) is 4.39 Å². The van der Waals surface area contributed by atoms with Crippen LogP contribution in [0.2, 0.25) is 0 Å². The van der Waals surface area contributed by atoms with E-state index in [4.69, 9.17) is 9.47 Å². The SMILES string of the molecule is COc1c(-c2ccc(OC3CCNCC3)c(F)c2)ccc2cccnc12. The molecule has 2 heterocycles. The van der Waals surface area contributed by atoms with E-state index in [-0.39, 0.29) is 11.9 Å². The van der Waals surface area contributed by atoms with Crippen molar-refractivity contribution in [1.29, 1.82) is 0 Å². The van der Waals surface area contributed by atoms with Crippen LogP contribution in [-0.4, -0.2) is 31.3 Å². The van der Waals surface area contributed by atoms with E-state index in [1.165, 1.54) is 6.07 Å². The molecule has 1 aromatic heterocycles. The van der Waals surface area contributed by atoms with Gasteiger partial charge in [0.15, 0.2) is 17.3 Å². The number of aromatic nitrogens is 1. The first-order valence-electron chi connectivity index (χ1n) is 8.85. The van der Waals surface area contributed by atoms with Gasteiger partial charge >= 0.3 is 0 Å². The van der Waals surface area contributed by atoms with Crippen molar-refractivity contribution in [1.82, 2.24) is 10.3 Å². The Morgan fingerprint density at radius 3 is 2.73 bits per heavy atom. The highest BCUT2D eigenvalue weighted by Crippen LogP contribution is 2.37. The van der Waals surface area contributed by atoms with E-state index in [1.807, 2.05) is 30.3 Å². The Hall–Kier alpha value is -2.66. The lowest BCUT2D eigenvalue weighted by atomic mass is 10.0. The van der Waals surface area contributed by atoms with Crippen LogP contribution in [0.4, 0.5) is 4.39 Å². The minimum absolute atomic E-state index is 0.0657. The fourth-order valence-electron chi connectivity index (χ4n) is 3.41. The third kappa shape index (κ3) is 3.22. The zero-order chi connectivity index (χ0) is 17.9. The number of ether oxygens (including phenoxy) is 2. The number of hydrogen-bond acceptors (Lipinski definition) is 4. The van der Waals surface area contributed by atoms with Crippen LogP contribution in [0.25, 0.3) is 22.0 Å². The Labute approximate surface area is 152 Å². The van der Waals surface area contributed by atoms with E-state index < -0.39 is 0 Å². The van der Waals surface area contributed by atoms with Gasteiger partial charge in [0, 0.05) is 17.1 Å². The summed E-state index contributed by atoms with van der Waals surface area (Å²) in [5, 5.41) is 4.26. The molecule has 26 heavy (non-hydrogen) atoms. The van der Waals surface area contributed by atoms with E-state index in [2.05, 4.69) is 10.3 Å². The molecule has 2 aromatic carbocycles. The van der Waals surface area contributed by atoms with E-state index in [1.54, 1.807) is 19.4 Å². The summed E-state index contributed by atoms with van der Waals surface area (Å²) in [6, 6.07) is 12.8. The van der Waals surface area contributed by atoms with Crippen molar-refractivity contribution < 1.29 is 13.9 Å². The van der Waals surface area contributed by atoms with Gasteiger partial charge in [-0.15, -0.1) is 0 Å². The summed E-state index contributed by atoms with van der Waals surface area (Å²) in [5.41, 5.74) is 2.32. The van der Waals surface area contributed by atoms with Gasteiger partial charge in [-0.2, -0.15) is 0 Å². The first-order valence-corrected chi connectivity index (χ1v) is 8.85. The molecule has 1 N–H and O–H groups in total. The van der Waals surface area contributed by atoms with Gasteiger partial charge in [0.1, 0.15) is 11.6 Å². The third-order valence-corrected chi connectivity index (χ3v) is 4.76. The Morgan fingerprint density at radius 1 is 1.12 bits per heavy atom. The highest BCUT2D eigenvalue weighted by atomic mass is 19.1. The lowest BCUT2D eigenvalue weighted by Gasteiger charge is -2.24. The number of piperidine rings is 1. The molecule has 0 atom stereocenters. The maximum absolute atomic E-state index is 14.6. The van der Waals surface area contributed by atoms with Gasteiger partial charge in [-0.05, 0) is 55.8 Å². The lowest BCUT2D eigenvalue weighted by molar-refractivity contribution is 0.156. The molecule has 3 aromatic rings. The second kappa shape index (κ2) is 7.30. The number of nitrogens with zero attached hydrogens (tertiary/aromatic N) is 1. The third-order valence-electron chi connectivity index (χ3n) is 4.76. The lowest BCUT2D eigenvalue weighted by Crippen LogP contribution is -2.34. The van der Waals surface area contributed by atoms with Crippen molar-refractivity contribution in [3.05, 3.63) is 54.5 Å². The van der Waals surface area contributed by atoms with Crippen LogP contribution >= 0.6 is 0 Å². The summed E-state index contributed by atoms with van der Waals surface area (Å²) < 4.78 is 26.1. The number of fused-ring (bicyclic) bond motifs is 1. The number of halogens is 1. The maximum atomic E-state index is 14.6. The number of rotatable bonds is 4. The summed E-state index contributed by atoms with van der Waals surface area (Å²) in [7, 11) is 1.61. The first-order chi connectivity index (χ1) is 12.8. The van der Waals surface area contributed by atoms with Crippen molar-refractivity contribution in [3.63, 3.8) is 0 Å². The van der Waals surface area contributed by atoms with Crippen molar-refractivity contribution >= 4 is 10.9 Å². The molecule has 5 heteroatoms. The van der Waals surface area contributed by atoms with E-state index >= 15 is 0 Å². The highest BCUT2D eigenvalue weighted by molar-refractivity contribution is 5.92. The molecule has 1 aliphatic rings. The highest BCUT2D eigenvalue weighted by Gasteiger charge is 2.18. The maximum Gasteiger partial charge on any atom is 0.165 e. The van der Waals surface area contributed by atoms with Gasteiger partial charge in [-0.3, -0.25) is 4.98 Å². The van der Waals surface area contributed by atoms with Gasteiger partial charge in [-0.1, -0.05) is 18.2 Å². The van der Waals surface area contributed by atoms with Crippen molar-refractivity contribution in [2.24, 2.45) is 0 Å². The smallest absolute Gasteiger partial charge is 0.165 e. The molecule has 0 aliphatic carbocycles. The Morgan fingerprint density at radius 2 is 1.96 bits per heavy atom. The molecule has 0 radical (unpaired) electrons. The molecule has 4 nitrogen and oxygen atoms in total. The van der Waals surface area contributed by atoms with Gasteiger partial charge in [0.2, 0.25) is 0 Å². The molecule has 0 bridgehead atoms. The number of pyridine rings is 1. The van der Waals surface area contributed by atoms with Crippen LogP contribution in [0.1, 0.15) is 12.8 Å². The van der Waals surface area contributed by atoms with E-state index in [0.717, 1.165) is 48.0 Å². The second-order valence-corrected chi connectivity index (χ2v) is 6.43. The molecular formula is C21H21FN2O2. The normalized spacial score (nSPS) is 15.2. The topological polar surface area (TPSA) is 43.4 Å². The summed E-state index contributed by atoms with van der Waals surface area (Å²) >= 11 is 0. The quantitative estimate of drug-likeness (QED) is 0.765. The Balaban J connectivity index is 1.68. The predicted octanol–water partition coefficient (Wildman–Crippen LogP) is 4.18. The molecule has 1 saturated heterocycles. The minimum atomic E-state index is -0.357. The molecular weight excluding hydrogens is 331 g/mol. The molecule has 134 valence electrons. The summed E-state index contributed by atoms with van der Waals surface area (Å²) in [6.07, 6.45) is 3.58. The standard InChI is InChI=1S/C21H21FN2O2/c1-25-21-17(6-4-14-3-2-10-24-20(14)21)15-5-7-19(18(22)13-15)26-16-8-11-23-12-9-16/h2-7,10,13,16,23H,8-9,11-12H2,1H3. The monoisotopic (exact) mass is 352 g/mol. The molecule has 1 fully saturated rings. The van der Waals surface area contributed by atoms with Crippen molar-refractivity contribution in [2.75, 3.05) is 20.2 Å². The molecule has 0 amide bonds. The van der Waals surface area contributed by atoms with Gasteiger partial charge < -0.3 is 14.8 Å². The average molecular weight is 352 g/mol. The fourth-order valence-corrected chi connectivity index (χ4v) is 3.41. The number of hydrogen-bond donors (Lipinski definition) is 1. The molecule has 4 rings (SSSR count). The zero-order valence-electron chi connectivity index (χ0n) is 14.7.